The van der Waals surface area contributed by atoms with Gasteiger partial charge in [0.1, 0.15) is 0 Å². The van der Waals surface area contributed by atoms with E-state index in [1.54, 1.807) is 26.1 Å². The van der Waals surface area contributed by atoms with Crippen LogP contribution in [0.4, 0.5) is 0 Å². The number of pyridine rings is 1. The van der Waals surface area contributed by atoms with Crippen molar-refractivity contribution in [2.24, 2.45) is 4.99 Å². The lowest BCUT2D eigenvalue weighted by atomic mass is 9.96. The zero-order valence-corrected chi connectivity index (χ0v) is 10.3. The summed E-state index contributed by atoms with van der Waals surface area (Å²) in [7, 11) is 1.53. The maximum Gasteiger partial charge on any atom is 0.235 e. The van der Waals surface area contributed by atoms with Crippen LogP contribution >= 0.6 is 15.9 Å². The van der Waals surface area contributed by atoms with Crippen LogP contribution in [-0.2, 0) is 10.3 Å². The third-order valence-electron chi connectivity index (χ3n) is 2.00. The van der Waals surface area contributed by atoms with Gasteiger partial charge >= 0.3 is 0 Å². The maximum atomic E-state index is 10.3. The SMILES string of the molecule is COc1ncc(Br)cc1C(C)(C)N=C=O. The topological polar surface area (TPSA) is 51.6 Å². The van der Waals surface area contributed by atoms with E-state index in [2.05, 4.69) is 25.9 Å². The second kappa shape index (κ2) is 4.55. The number of methoxy groups -OCH3 is 1. The number of hydrogen-bond acceptors (Lipinski definition) is 4. The van der Waals surface area contributed by atoms with Gasteiger partial charge in [-0.25, -0.2) is 9.78 Å². The van der Waals surface area contributed by atoms with E-state index in [1.165, 1.54) is 7.11 Å². The molecule has 0 amide bonds. The molecule has 5 heteroatoms. The molecule has 0 saturated heterocycles. The summed E-state index contributed by atoms with van der Waals surface area (Å²) >= 11 is 3.31. The van der Waals surface area contributed by atoms with Crippen molar-refractivity contribution in [1.82, 2.24) is 4.98 Å². The fourth-order valence-electron chi connectivity index (χ4n) is 1.20. The molecule has 1 rings (SSSR count). The van der Waals surface area contributed by atoms with Crippen molar-refractivity contribution < 1.29 is 9.53 Å². The van der Waals surface area contributed by atoms with Crippen LogP contribution in [0.2, 0.25) is 0 Å². The number of carbonyl (C=O) groups excluding carboxylic acids is 1. The quantitative estimate of drug-likeness (QED) is 0.626. The maximum absolute atomic E-state index is 10.3. The van der Waals surface area contributed by atoms with Gasteiger partial charge in [-0.1, -0.05) is 0 Å². The highest BCUT2D eigenvalue weighted by atomic mass is 79.9. The number of aromatic nitrogens is 1. The lowest BCUT2D eigenvalue weighted by Gasteiger charge is -2.20. The van der Waals surface area contributed by atoms with Gasteiger partial charge in [0, 0.05) is 16.2 Å². The molecule has 0 aliphatic rings. The summed E-state index contributed by atoms with van der Waals surface area (Å²) < 4.78 is 5.92. The van der Waals surface area contributed by atoms with E-state index in [4.69, 9.17) is 4.74 Å². The molecule has 0 unspecified atom stereocenters. The van der Waals surface area contributed by atoms with Gasteiger partial charge in [0.15, 0.2) is 0 Å². The van der Waals surface area contributed by atoms with Gasteiger partial charge in [-0.05, 0) is 35.8 Å². The molecule has 0 saturated carbocycles. The number of nitrogens with zero attached hydrogens (tertiary/aromatic N) is 2. The molecule has 0 atom stereocenters. The number of aliphatic imine (C=N–C) groups is 1. The molecule has 0 bridgehead atoms. The summed E-state index contributed by atoms with van der Waals surface area (Å²) in [5, 5.41) is 0. The Labute approximate surface area is 96.5 Å². The van der Waals surface area contributed by atoms with E-state index in [-0.39, 0.29) is 0 Å². The summed E-state index contributed by atoms with van der Waals surface area (Å²) in [5.74, 6) is 0.460. The van der Waals surface area contributed by atoms with Gasteiger partial charge in [-0.2, -0.15) is 4.99 Å². The van der Waals surface area contributed by atoms with Gasteiger partial charge in [-0.3, -0.25) is 0 Å². The molecule has 0 aromatic carbocycles. The third kappa shape index (κ3) is 2.64. The molecular formula is C10H11BrN2O2. The fraction of sp³-hybridized carbons (Fsp3) is 0.400. The van der Waals surface area contributed by atoms with Gasteiger partial charge < -0.3 is 4.74 Å². The first-order valence-corrected chi connectivity index (χ1v) is 5.09. The highest BCUT2D eigenvalue weighted by Gasteiger charge is 2.25. The van der Waals surface area contributed by atoms with Crippen molar-refractivity contribution in [3.05, 3.63) is 22.3 Å². The minimum atomic E-state index is -0.691. The predicted octanol–water partition coefficient (Wildman–Crippen LogP) is 2.42. The molecule has 80 valence electrons. The molecule has 0 aliphatic carbocycles. The van der Waals surface area contributed by atoms with E-state index in [0.29, 0.717) is 5.88 Å². The van der Waals surface area contributed by atoms with Crippen LogP contribution in [0.3, 0.4) is 0 Å². The third-order valence-corrected chi connectivity index (χ3v) is 2.43. The van der Waals surface area contributed by atoms with Gasteiger partial charge in [-0.15, -0.1) is 0 Å². The minimum absolute atomic E-state index is 0.460. The van der Waals surface area contributed by atoms with Crippen molar-refractivity contribution >= 4 is 22.0 Å². The number of ether oxygens (including phenoxy) is 1. The van der Waals surface area contributed by atoms with Crippen molar-refractivity contribution in [3.63, 3.8) is 0 Å². The standard InChI is InChI=1S/C10H11BrN2O2/c1-10(2,13-6-14)8-4-7(11)5-12-9(8)15-3/h4-5H,1-3H3. The van der Waals surface area contributed by atoms with Crippen molar-refractivity contribution in [2.45, 2.75) is 19.4 Å². The lowest BCUT2D eigenvalue weighted by molar-refractivity contribution is 0.377. The Bertz CT molecular complexity index is 412. The second-order valence-electron chi connectivity index (χ2n) is 3.47. The number of hydrogen-bond donors (Lipinski definition) is 0. The summed E-state index contributed by atoms with van der Waals surface area (Å²) in [6.07, 6.45) is 3.18. The van der Waals surface area contributed by atoms with Crippen LogP contribution in [0.1, 0.15) is 19.4 Å². The van der Waals surface area contributed by atoms with Crippen LogP contribution in [0, 0.1) is 0 Å². The second-order valence-corrected chi connectivity index (χ2v) is 4.39. The Morgan fingerprint density at radius 3 is 2.80 bits per heavy atom. The average molecular weight is 271 g/mol. The Morgan fingerprint density at radius 2 is 2.27 bits per heavy atom. The van der Waals surface area contributed by atoms with Crippen LogP contribution < -0.4 is 4.74 Å². The van der Waals surface area contributed by atoms with E-state index < -0.39 is 5.54 Å². The Kier molecular flexibility index (Phi) is 3.61. The van der Waals surface area contributed by atoms with Crippen LogP contribution in [0.5, 0.6) is 5.88 Å². The molecule has 0 spiro atoms. The first-order chi connectivity index (χ1) is 7.01. The average Bonchev–Trinajstić information content (AvgIpc) is 2.17. The summed E-state index contributed by atoms with van der Waals surface area (Å²) in [6, 6.07) is 1.83. The zero-order valence-electron chi connectivity index (χ0n) is 8.74. The summed E-state index contributed by atoms with van der Waals surface area (Å²) in [4.78, 5) is 18.1. The van der Waals surface area contributed by atoms with Gasteiger partial charge in [0.2, 0.25) is 12.0 Å². The summed E-state index contributed by atoms with van der Waals surface area (Å²) in [6.45, 7) is 3.59. The molecule has 0 aliphatic heterocycles. The zero-order chi connectivity index (χ0) is 11.5. The van der Waals surface area contributed by atoms with Crippen molar-refractivity contribution in [3.8, 4) is 5.88 Å². The van der Waals surface area contributed by atoms with Crippen LogP contribution in [0.15, 0.2) is 21.7 Å². The number of rotatable bonds is 3. The van der Waals surface area contributed by atoms with Gasteiger partial charge in [0.25, 0.3) is 0 Å². The minimum Gasteiger partial charge on any atom is -0.481 e. The van der Waals surface area contributed by atoms with E-state index in [1.807, 2.05) is 6.07 Å². The van der Waals surface area contributed by atoms with E-state index in [0.717, 1.165) is 10.0 Å². The fourth-order valence-corrected chi connectivity index (χ4v) is 1.53. The smallest absolute Gasteiger partial charge is 0.235 e. The highest BCUT2D eigenvalue weighted by Crippen LogP contribution is 2.32. The molecule has 1 aromatic heterocycles. The Hall–Kier alpha value is -1.19. The number of halogens is 1. The Balaban J connectivity index is 3.33. The van der Waals surface area contributed by atoms with Gasteiger partial charge in [0.05, 0.1) is 12.6 Å². The molecule has 4 nitrogen and oxygen atoms in total. The summed E-state index contributed by atoms with van der Waals surface area (Å²) in [5.41, 5.74) is 0.0480. The van der Waals surface area contributed by atoms with Crippen LogP contribution in [-0.4, -0.2) is 18.2 Å². The molecule has 0 fully saturated rings. The molecule has 0 N–H and O–H groups in total. The van der Waals surface area contributed by atoms with E-state index in [9.17, 15) is 4.79 Å². The van der Waals surface area contributed by atoms with Crippen LogP contribution in [0.25, 0.3) is 0 Å². The van der Waals surface area contributed by atoms with E-state index >= 15 is 0 Å². The molecule has 15 heavy (non-hydrogen) atoms. The molecule has 1 aromatic rings. The van der Waals surface area contributed by atoms with Crippen molar-refractivity contribution in [2.75, 3.05) is 7.11 Å². The largest absolute Gasteiger partial charge is 0.481 e. The number of isocyanates is 1. The molecule has 1 heterocycles. The molecule has 0 radical (unpaired) electrons. The normalized spacial score (nSPS) is 10.7. The highest BCUT2D eigenvalue weighted by molar-refractivity contribution is 9.10. The monoisotopic (exact) mass is 270 g/mol. The molecular weight excluding hydrogens is 260 g/mol. The van der Waals surface area contributed by atoms with Crippen molar-refractivity contribution in [1.29, 1.82) is 0 Å². The predicted molar refractivity (Wildman–Crippen MR) is 59.6 cm³/mol. The Morgan fingerprint density at radius 1 is 1.60 bits per heavy atom. The first kappa shape index (κ1) is 11.9. The lowest BCUT2D eigenvalue weighted by Crippen LogP contribution is -2.15. The first-order valence-electron chi connectivity index (χ1n) is 4.30.